The Morgan fingerprint density at radius 2 is 1.76 bits per heavy atom. The number of aromatic nitrogens is 1. The summed E-state index contributed by atoms with van der Waals surface area (Å²) >= 11 is 6.92. The molecule has 1 saturated heterocycles. The number of fused-ring (bicyclic) bond motifs is 1. The summed E-state index contributed by atoms with van der Waals surface area (Å²) < 4.78 is 15.6. The van der Waals surface area contributed by atoms with Gasteiger partial charge in [-0.3, -0.25) is 14.5 Å². The molecule has 0 aliphatic carbocycles. The topological polar surface area (TPSA) is 42.3 Å². The maximum absolute atomic E-state index is 13.6. The van der Waals surface area contributed by atoms with Crippen LogP contribution in [0.5, 0.6) is 0 Å². The number of rotatable bonds is 4. The van der Waals surface area contributed by atoms with Crippen LogP contribution in [0.15, 0.2) is 71.6 Å². The largest absolute Gasteiger partial charge is 0.318 e. The molecule has 2 amide bonds. The first-order chi connectivity index (χ1) is 16.3. The average molecular weight is 491 g/mol. The maximum atomic E-state index is 13.6. The quantitative estimate of drug-likeness (QED) is 0.282. The summed E-state index contributed by atoms with van der Waals surface area (Å²) in [6, 6.07) is 20.3. The zero-order valence-electron chi connectivity index (χ0n) is 18.5. The lowest BCUT2D eigenvalue weighted by molar-refractivity contribution is -0.123. The van der Waals surface area contributed by atoms with Crippen molar-refractivity contribution in [3.63, 3.8) is 0 Å². The number of halogens is 2. The molecule has 5 rings (SSSR count). The molecule has 3 aromatic carbocycles. The van der Waals surface area contributed by atoms with Crippen molar-refractivity contribution in [3.05, 3.63) is 105 Å². The number of hydrogen-bond acceptors (Lipinski definition) is 3. The third-order valence-corrected chi connectivity index (χ3v) is 7.20. The predicted molar refractivity (Wildman–Crippen MR) is 136 cm³/mol. The van der Waals surface area contributed by atoms with Gasteiger partial charge in [0.1, 0.15) is 5.82 Å². The Balaban J connectivity index is 1.46. The molecule has 1 fully saturated rings. The summed E-state index contributed by atoms with van der Waals surface area (Å²) in [5.41, 5.74) is 4.23. The van der Waals surface area contributed by atoms with Gasteiger partial charge in [0.2, 0.25) is 0 Å². The fourth-order valence-corrected chi connectivity index (χ4v) is 5.34. The fraction of sp³-hybridized carbons (Fsp3) is 0.111. The Kier molecular flexibility index (Phi) is 5.80. The molecule has 0 N–H and O–H groups in total. The highest BCUT2D eigenvalue weighted by Gasteiger charge is 2.35. The van der Waals surface area contributed by atoms with Gasteiger partial charge in [-0.2, -0.15) is 0 Å². The molecule has 4 aromatic rings. The highest BCUT2D eigenvalue weighted by Crippen LogP contribution is 2.35. The van der Waals surface area contributed by atoms with E-state index in [0.717, 1.165) is 50.7 Å². The molecule has 1 aliphatic rings. The van der Waals surface area contributed by atoms with Crippen molar-refractivity contribution < 1.29 is 14.0 Å². The third kappa shape index (κ3) is 3.93. The number of carbonyl (C=O) groups excluding carboxylic acids is 2. The first kappa shape index (κ1) is 22.4. The SMILES string of the molecule is Cc1cc(/C=C2/SC(=O)N(Cc3cccc4ccccc34)C2=O)c(C)n1-c1ccc(F)c(Cl)c1. The number of amides is 2. The number of benzene rings is 3. The lowest BCUT2D eigenvalue weighted by atomic mass is 10.0. The zero-order chi connectivity index (χ0) is 24.0. The molecule has 0 atom stereocenters. The van der Waals surface area contributed by atoms with Gasteiger partial charge < -0.3 is 4.57 Å². The fourth-order valence-electron chi connectivity index (χ4n) is 4.33. The van der Waals surface area contributed by atoms with Crippen LogP contribution < -0.4 is 0 Å². The van der Waals surface area contributed by atoms with Crippen molar-refractivity contribution in [3.8, 4) is 5.69 Å². The van der Waals surface area contributed by atoms with Gasteiger partial charge in [-0.25, -0.2) is 4.39 Å². The minimum atomic E-state index is -0.479. The molecule has 1 aliphatic heterocycles. The van der Waals surface area contributed by atoms with Crippen molar-refractivity contribution >= 4 is 51.4 Å². The van der Waals surface area contributed by atoms with E-state index in [0.29, 0.717) is 4.91 Å². The van der Waals surface area contributed by atoms with Crippen LogP contribution in [0, 0.1) is 19.7 Å². The van der Waals surface area contributed by atoms with Crippen LogP contribution >= 0.6 is 23.4 Å². The van der Waals surface area contributed by atoms with Crippen LogP contribution in [-0.2, 0) is 11.3 Å². The van der Waals surface area contributed by atoms with Crippen LogP contribution in [-0.4, -0.2) is 20.6 Å². The number of thioether (sulfide) groups is 1. The second-order valence-electron chi connectivity index (χ2n) is 8.17. The minimum Gasteiger partial charge on any atom is -0.318 e. The van der Waals surface area contributed by atoms with E-state index in [4.69, 9.17) is 11.6 Å². The predicted octanol–water partition coefficient (Wildman–Crippen LogP) is 7.28. The second kappa shape index (κ2) is 8.78. The Morgan fingerprint density at radius 3 is 2.56 bits per heavy atom. The van der Waals surface area contributed by atoms with E-state index < -0.39 is 5.82 Å². The highest BCUT2D eigenvalue weighted by atomic mass is 35.5. The summed E-state index contributed by atoms with van der Waals surface area (Å²) in [6.07, 6.45) is 1.75. The van der Waals surface area contributed by atoms with Crippen LogP contribution in [0.3, 0.4) is 0 Å². The van der Waals surface area contributed by atoms with Gasteiger partial charge in [0, 0.05) is 17.1 Å². The van der Waals surface area contributed by atoms with Gasteiger partial charge in [-0.15, -0.1) is 0 Å². The molecule has 0 unspecified atom stereocenters. The molecule has 7 heteroatoms. The molecule has 0 saturated carbocycles. The molecule has 0 bridgehead atoms. The molecule has 4 nitrogen and oxygen atoms in total. The maximum Gasteiger partial charge on any atom is 0.293 e. The number of nitrogens with zero attached hydrogens (tertiary/aromatic N) is 2. The number of hydrogen-bond donors (Lipinski definition) is 0. The molecule has 1 aromatic heterocycles. The van der Waals surface area contributed by atoms with E-state index >= 15 is 0 Å². The van der Waals surface area contributed by atoms with Gasteiger partial charge >= 0.3 is 0 Å². The van der Waals surface area contributed by atoms with Crippen molar-refractivity contribution in [2.24, 2.45) is 0 Å². The van der Waals surface area contributed by atoms with Crippen molar-refractivity contribution in [2.45, 2.75) is 20.4 Å². The standard InChI is InChI=1S/C27H20ClFN2O2S/c1-16-12-20(17(2)31(16)21-10-11-24(29)23(28)14-21)13-25-26(32)30(27(33)34-25)15-19-8-5-7-18-6-3-4-9-22(18)19/h3-14H,15H2,1-2H3/b25-13+. The summed E-state index contributed by atoms with van der Waals surface area (Å²) in [7, 11) is 0. The van der Waals surface area contributed by atoms with Gasteiger partial charge in [-0.1, -0.05) is 54.1 Å². The Hall–Kier alpha value is -3.35. The summed E-state index contributed by atoms with van der Waals surface area (Å²) in [6.45, 7) is 4.06. The molecule has 170 valence electrons. The lowest BCUT2D eigenvalue weighted by Crippen LogP contribution is -2.27. The molecule has 0 spiro atoms. The lowest BCUT2D eigenvalue weighted by Gasteiger charge is -2.14. The molecule has 2 heterocycles. The smallest absolute Gasteiger partial charge is 0.293 e. The third-order valence-electron chi connectivity index (χ3n) is 6.00. The molecular formula is C27H20ClFN2O2S. The van der Waals surface area contributed by atoms with E-state index in [2.05, 4.69) is 0 Å². The van der Waals surface area contributed by atoms with E-state index in [1.54, 1.807) is 18.2 Å². The number of carbonyl (C=O) groups is 2. The van der Waals surface area contributed by atoms with E-state index in [1.165, 1.54) is 11.0 Å². The first-order valence-electron chi connectivity index (χ1n) is 10.7. The van der Waals surface area contributed by atoms with E-state index in [1.807, 2.05) is 66.9 Å². The highest BCUT2D eigenvalue weighted by molar-refractivity contribution is 8.18. The molecule has 34 heavy (non-hydrogen) atoms. The summed E-state index contributed by atoms with van der Waals surface area (Å²) in [4.78, 5) is 27.6. The Morgan fingerprint density at radius 1 is 1.00 bits per heavy atom. The van der Waals surface area contributed by atoms with E-state index in [-0.39, 0.29) is 22.7 Å². The van der Waals surface area contributed by atoms with Crippen molar-refractivity contribution in [1.29, 1.82) is 0 Å². The van der Waals surface area contributed by atoms with Crippen molar-refractivity contribution in [2.75, 3.05) is 0 Å². The summed E-state index contributed by atoms with van der Waals surface area (Å²) in [5.74, 6) is -0.787. The zero-order valence-corrected chi connectivity index (χ0v) is 20.1. The molecule has 0 radical (unpaired) electrons. The minimum absolute atomic E-state index is 0.0427. The normalized spacial score (nSPS) is 15.2. The Bertz CT molecular complexity index is 1500. The number of aryl methyl sites for hydroxylation is 1. The van der Waals surface area contributed by atoms with Crippen LogP contribution in [0.25, 0.3) is 22.5 Å². The van der Waals surface area contributed by atoms with Crippen molar-refractivity contribution in [1.82, 2.24) is 9.47 Å². The van der Waals surface area contributed by atoms with Gasteiger partial charge in [0.05, 0.1) is 16.5 Å². The van der Waals surface area contributed by atoms with Gasteiger partial charge in [-0.05, 0) is 77.9 Å². The van der Waals surface area contributed by atoms with Crippen LogP contribution in [0.1, 0.15) is 22.5 Å². The van der Waals surface area contributed by atoms with Gasteiger partial charge in [0.15, 0.2) is 0 Å². The molecular weight excluding hydrogens is 471 g/mol. The number of imide groups is 1. The van der Waals surface area contributed by atoms with Gasteiger partial charge in [0.25, 0.3) is 11.1 Å². The van der Waals surface area contributed by atoms with E-state index in [9.17, 15) is 14.0 Å². The monoisotopic (exact) mass is 490 g/mol. The van der Waals surface area contributed by atoms with Crippen LogP contribution in [0.2, 0.25) is 5.02 Å². The van der Waals surface area contributed by atoms with Crippen LogP contribution in [0.4, 0.5) is 9.18 Å². The Labute approximate surface area is 205 Å². The average Bonchev–Trinajstić information content (AvgIpc) is 3.25. The second-order valence-corrected chi connectivity index (χ2v) is 9.57. The first-order valence-corrected chi connectivity index (χ1v) is 11.9. The summed E-state index contributed by atoms with van der Waals surface area (Å²) in [5, 5.41) is 1.84.